The third-order valence-electron chi connectivity index (χ3n) is 3.40. The summed E-state index contributed by atoms with van der Waals surface area (Å²) in [7, 11) is 0. The first-order valence-electron chi connectivity index (χ1n) is 7.06. The molecule has 0 radical (unpaired) electrons. The van der Waals surface area contributed by atoms with E-state index in [1.54, 1.807) is 0 Å². The van der Waals surface area contributed by atoms with Gasteiger partial charge in [0.2, 0.25) is 0 Å². The summed E-state index contributed by atoms with van der Waals surface area (Å²) in [5.74, 6) is -1.41. The Morgan fingerprint density at radius 3 is 2.42 bits per heavy atom. The maximum atomic E-state index is 13.9. The van der Waals surface area contributed by atoms with Crippen LogP contribution in [0.3, 0.4) is 0 Å². The second-order valence-corrected chi connectivity index (χ2v) is 5.09. The molecule has 1 fully saturated rings. The molecule has 2 nitrogen and oxygen atoms in total. The van der Waals surface area contributed by atoms with E-state index in [9.17, 15) is 8.78 Å². The standard InChI is InChI=1S/C15H21F2NO/c1-2-7-18-10-11-8-13(16)15(14(17)9-11)19-12-5-3-4-6-12/h8-9,12,18H,2-7,10H2,1H3. The lowest BCUT2D eigenvalue weighted by atomic mass is 10.2. The van der Waals surface area contributed by atoms with Gasteiger partial charge in [0.15, 0.2) is 17.4 Å². The van der Waals surface area contributed by atoms with Crippen molar-refractivity contribution in [1.82, 2.24) is 5.32 Å². The lowest BCUT2D eigenvalue weighted by Gasteiger charge is -2.15. The van der Waals surface area contributed by atoms with E-state index in [1.165, 1.54) is 12.1 Å². The lowest BCUT2D eigenvalue weighted by molar-refractivity contribution is 0.191. The highest BCUT2D eigenvalue weighted by molar-refractivity contribution is 5.31. The number of ether oxygens (including phenoxy) is 1. The average Bonchev–Trinajstić information content (AvgIpc) is 2.87. The molecule has 0 unspecified atom stereocenters. The van der Waals surface area contributed by atoms with Gasteiger partial charge >= 0.3 is 0 Å². The fraction of sp³-hybridized carbons (Fsp3) is 0.600. The summed E-state index contributed by atoms with van der Waals surface area (Å²) in [6.07, 6.45) is 4.89. The van der Waals surface area contributed by atoms with Crippen LogP contribution < -0.4 is 10.1 Å². The molecule has 1 aliphatic carbocycles. The topological polar surface area (TPSA) is 21.3 Å². The molecule has 0 bridgehead atoms. The van der Waals surface area contributed by atoms with Crippen LogP contribution in [-0.2, 0) is 6.54 Å². The summed E-state index contributed by atoms with van der Waals surface area (Å²) < 4.78 is 33.2. The highest BCUT2D eigenvalue weighted by atomic mass is 19.1. The van der Waals surface area contributed by atoms with Crippen molar-refractivity contribution in [2.24, 2.45) is 0 Å². The predicted molar refractivity (Wildman–Crippen MR) is 71.2 cm³/mol. The van der Waals surface area contributed by atoms with Crippen molar-refractivity contribution in [3.8, 4) is 5.75 Å². The number of hydrogen-bond acceptors (Lipinski definition) is 2. The molecule has 1 aromatic rings. The molecule has 1 aliphatic rings. The molecule has 0 atom stereocenters. The van der Waals surface area contributed by atoms with Gasteiger partial charge < -0.3 is 10.1 Å². The Morgan fingerprint density at radius 2 is 1.84 bits per heavy atom. The van der Waals surface area contributed by atoms with Gasteiger partial charge in [-0.25, -0.2) is 8.78 Å². The molecular formula is C15H21F2NO. The number of hydrogen-bond donors (Lipinski definition) is 1. The van der Waals surface area contributed by atoms with E-state index in [1.807, 2.05) is 6.92 Å². The zero-order valence-corrected chi connectivity index (χ0v) is 11.3. The Morgan fingerprint density at radius 1 is 1.21 bits per heavy atom. The minimum absolute atomic E-state index is 0.0342. The zero-order chi connectivity index (χ0) is 13.7. The molecule has 4 heteroatoms. The quantitative estimate of drug-likeness (QED) is 0.793. The minimum Gasteiger partial charge on any atom is -0.484 e. The van der Waals surface area contributed by atoms with Crippen LogP contribution in [0.4, 0.5) is 8.78 Å². The molecule has 0 aliphatic heterocycles. The Kier molecular flexibility index (Phi) is 5.14. The molecule has 0 aromatic heterocycles. The second kappa shape index (κ2) is 6.85. The van der Waals surface area contributed by atoms with Crippen LogP contribution in [0, 0.1) is 11.6 Å². The Labute approximate surface area is 113 Å². The van der Waals surface area contributed by atoms with Crippen LogP contribution in [0.15, 0.2) is 12.1 Å². The van der Waals surface area contributed by atoms with Crippen molar-refractivity contribution >= 4 is 0 Å². The van der Waals surface area contributed by atoms with E-state index in [0.29, 0.717) is 12.1 Å². The highest BCUT2D eigenvalue weighted by Gasteiger charge is 2.21. The van der Waals surface area contributed by atoms with E-state index in [-0.39, 0.29) is 11.9 Å². The Hall–Kier alpha value is -1.16. The Bertz CT molecular complexity index is 394. The molecule has 0 spiro atoms. The van der Waals surface area contributed by atoms with E-state index in [2.05, 4.69) is 5.32 Å². The van der Waals surface area contributed by atoms with Gasteiger partial charge in [-0.2, -0.15) is 0 Å². The summed E-state index contributed by atoms with van der Waals surface area (Å²) in [6, 6.07) is 2.71. The average molecular weight is 269 g/mol. The summed E-state index contributed by atoms with van der Waals surface area (Å²) in [5, 5.41) is 3.12. The number of benzene rings is 1. The first-order chi connectivity index (χ1) is 9.20. The van der Waals surface area contributed by atoms with Crippen molar-refractivity contribution in [2.75, 3.05) is 6.54 Å². The molecule has 1 N–H and O–H groups in total. The largest absolute Gasteiger partial charge is 0.484 e. The van der Waals surface area contributed by atoms with Crippen LogP contribution >= 0.6 is 0 Å². The predicted octanol–water partition coefficient (Wildman–Crippen LogP) is 3.79. The minimum atomic E-state index is -0.597. The van der Waals surface area contributed by atoms with E-state index >= 15 is 0 Å². The van der Waals surface area contributed by atoms with Crippen molar-refractivity contribution < 1.29 is 13.5 Å². The number of nitrogens with one attached hydrogen (secondary N) is 1. The fourth-order valence-corrected chi connectivity index (χ4v) is 2.41. The second-order valence-electron chi connectivity index (χ2n) is 5.09. The third-order valence-corrected chi connectivity index (χ3v) is 3.40. The van der Waals surface area contributed by atoms with E-state index in [4.69, 9.17) is 4.74 Å². The maximum absolute atomic E-state index is 13.9. The van der Waals surface area contributed by atoms with Gasteiger partial charge in [-0.3, -0.25) is 0 Å². The zero-order valence-electron chi connectivity index (χ0n) is 11.3. The van der Waals surface area contributed by atoms with Crippen molar-refractivity contribution in [3.63, 3.8) is 0 Å². The van der Waals surface area contributed by atoms with Gasteiger partial charge in [-0.05, 0) is 56.3 Å². The fourth-order valence-electron chi connectivity index (χ4n) is 2.41. The molecule has 19 heavy (non-hydrogen) atoms. The molecule has 1 saturated carbocycles. The van der Waals surface area contributed by atoms with Gasteiger partial charge in [-0.15, -0.1) is 0 Å². The van der Waals surface area contributed by atoms with Crippen molar-refractivity contribution in [2.45, 2.75) is 51.7 Å². The van der Waals surface area contributed by atoms with Crippen molar-refractivity contribution in [3.05, 3.63) is 29.3 Å². The summed E-state index contributed by atoms with van der Waals surface area (Å²) in [4.78, 5) is 0. The number of halogens is 2. The molecule has 0 saturated heterocycles. The first-order valence-corrected chi connectivity index (χ1v) is 7.06. The SMILES string of the molecule is CCCNCc1cc(F)c(OC2CCCC2)c(F)c1. The molecule has 1 aromatic carbocycles. The summed E-state index contributed by atoms with van der Waals surface area (Å²) in [6.45, 7) is 3.36. The van der Waals surface area contributed by atoms with E-state index < -0.39 is 11.6 Å². The van der Waals surface area contributed by atoms with E-state index in [0.717, 1.165) is 38.6 Å². The van der Waals surface area contributed by atoms with Crippen LogP contribution in [0.1, 0.15) is 44.6 Å². The van der Waals surface area contributed by atoms with Gasteiger partial charge in [0, 0.05) is 6.54 Å². The van der Waals surface area contributed by atoms with Gasteiger partial charge in [-0.1, -0.05) is 6.92 Å². The first kappa shape index (κ1) is 14.3. The van der Waals surface area contributed by atoms with Crippen molar-refractivity contribution in [1.29, 1.82) is 0 Å². The van der Waals surface area contributed by atoms with Crippen LogP contribution in [0.5, 0.6) is 5.75 Å². The summed E-state index contributed by atoms with van der Waals surface area (Å²) in [5.41, 5.74) is 0.613. The van der Waals surface area contributed by atoms with Crippen LogP contribution in [-0.4, -0.2) is 12.6 Å². The van der Waals surface area contributed by atoms with Gasteiger partial charge in [0.25, 0.3) is 0 Å². The number of rotatable bonds is 6. The maximum Gasteiger partial charge on any atom is 0.191 e. The third kappa shape index (κ3) is 3.90. The lowest BCUT2D eigenvalue weighted by Crippen LogP contribution is -2.16. The molecular weight excluding hydrogens is 248 g/mol. The smallest absolute Gasteiger partial charge is 0.191 e. The molecule has 0 amide bonds. The molecule has 106 valence electrons. The monoisotopic (exact) mass is 269 g/mol. The van der Waals surface area contributed by atoms with Gasteiger partial charge in [0.05, 0.1) is 6.10 Å². The van der Waals surface area contributed by atoms with Crippen LogP contribution in [0.2, 0.25) is 0 Å². The molecule has 0 heterocycles. The van der Waals surface area contributed by atoms with Gasteiger partial charge in [0.1, 0.15) is 0 Å². The van der Waals surface area contributed by atoms with Crippen LogP contribution in [0.25, 0.3) is 0 Å². The highest BCUT2D eigenvalue weighted by Crippen LogP contribution is 2.29. The Balaban J connectivity index is 2.03. The summed E-state index contributed by atoms with van der Waals surface area (Å²) >= 11 is 0. The normalized spacial score (nSPS) is 15.9. The molecule has 2 rings (SSSR count).